The molecule has 1 aliphatic rings. The fraction of sp³-hybridized carbons (Fsp3) is 0.333. The van der Waals surface area contributed by atoms with Gasteiger partial charge in [0.25, 0.3) is 11.8 Å². The zero-order chi connectivity index (χ0) is 19.4. The fourth-order valence-corrected chi connectivity index (χ4v) is 2.79. The summed E-state index contributed by atoms with van der Waals surface area (Å²) in [5, 5.41) is 14.3. The average Bonchev–Trinajstić information content (AvgIpc) is 3.48. The van der Waals surface area contributed by atoms with E-state index >= 15 is 0 Å². The third-order valence-corrected chi connectivity index (χ3v) is 4.60. The van der Waals surface area contributed by atoms with Gasteiger partial charge in [0.15, 0.2) is 0 Å². The number of carbonyl (C=O) groups excluding carboxylic acids is 2. The van der Waals surface area contributed by atoms with Gasteiger partial charge < -0.3 is 15.7 Å². The molecule has 1 aliphatic carbocycles. The maximum absolute atomic E-state index is 14.4. The molecule has 3 N–H and O–H groups in total. The third-order valence-electron chi connectivity index (χ3n) is 4.60. The first kappa shape index (κ1) is 19.0. The molecule has 2 amide bonds. The SMILES string of the molecule is Cc1c(F)cc(C(=O)NC2CC2)cc1-c1ccc(C(=O)NCCCO)cc1. The van der Waals surface area contributed by atoms with Gasteiger partial charge in [0.05, 0.1) is 0 Å². The van der Waals surface area contributed by atoms with Gasteiger partial charge in [0, 0.05) is 30.3 Å². The van der Waals surface area contributed by atoms with Crippen LogP contribution in [0.2, 0.25) is 0 Å². The number of nitrogens with one attached hydrogen (secondary N) is 2. The maximum Gasteiger partial charge on any atom is 0.251 e. The summed E-state index contributed by atoms with van der Waals surface area (Å²) in [7, 11) is 0. The molecule has 3 rings (SSSR count). The Labute approximate surface area is 157 Å². The normalized spacial score (nSPS) is 13.3. The van der Waals surface area contributed by atoms with Gasteiger partial charge in [-0.3, -0.25) is 9.59 Å². The van der Waals surface area contributed by atoms with Crippen molar-refractivity contribution in [1.29, 1.82) is 0 Å². The van der Waals surface area contributed by atoms with Crippen molar-refractivity contribution in [2.24, 2.45) is 0 Å². The van der Waals surface area contributed by atoms with Gasteiger partial charge >= 0.3 is 0 Å². The standard InChI is InChI=1S/C21H23FN2O3/c1-13-18(11-16(12-19(13)22)21(27)24-17-7-8-17)14-3-5-15(6-4-14)20(26)23-9-2-10-25/h3-6,11-12,17,25H,2,7-10H2,1H3,(H,23,26)(H,24,27). The Bertz CT molecular complexity index is 845. The van der Waals surface area contributed by atoms with Crippen LogP contribution in [0.5, 0.6) is 0 Å². The van der Waals surface area contributed by atoms with Crippen molar-refractivity contribution in [2.45, 2.75) is 32.2 Å². The number of rotatable bonds is 7. The summed E-state index contributed by atoms with van der Waals surface area (Å²) in [4.78, 5) is 24.3. The van der Waals surface area contributed by atoms with Crippen LogP contribution in [0.25, 0.3) is 11.1 Å². The van der Waals surface area contributed by atoms with Crippen molar-refractivity contribution in [3.05, 3.63) is 58.9 Å². The van der Waals surface area contributed by atoms with Crippen molar-refractivity contribution in [3.63, 3.8) is 0 Å². The summed E-state index contributed by atoms with van der Waals surface area (Å²) >= 11 is 0. The lowest BCUT2D eigenvalue weighted by Crippen LogP contribution is -2.25. The lowest BCUT2D eigenvalue weighted by molar-refractivity contribution is 0.0942. The molecule has 1 saturated carbocycles. The molecule has 6 heteroatoms. The van der Waals surface area contributed by atoms with Crippen molar-refractivity contribution < 1.29 is 19.1 Å². The predicted molar refractivity (Wildman–Crippen MR) is 101 cm³/mol. The van der Waals surface area contributed by atoms with Gasteiger partial charge in [0.1, 0.15) is 5.82 Å². The van der Waals surface area contributed by atoms with Crippen LogP contribution in [-0.2, 0) is 0 Å². The van der Waals surface area contributed by atoms with Gasteiger partial charge in [0.2, 0.25) is 0 Å². The average molecular weight is 370 g/mol. The Hall–Kier alpha value is -2.73. The molecule has 0 heterocycles. The Kier molecular flexibility index (Phi) is 5.86. The number of amides is 2. The molecule has 27 heavy (non-hydrogen) atoms. The van der Waals surface area contributed by atoms with Gasteiger partial charge in [-0.1, -0.05) is 12.1 Å². The van der Waals surface area contributed by atoms with E-state index in [1.165, 1.54) is 6.07 Å². The third kappa shape index (κ3) is 4.71. The molecule has 0 spiro atoms. The number of aliphatic hydroxyl groups is 1. The van der Waals surface area contributed by atoms with E-state index in [9.17, 15) is 14.0 Å². The minimum absolute atomic E-state index is 0.0225. The summed E-state index contributed by atoms with van der Waals surface area (Å²) in [6.45, 7) is 2.09. The summed E-state index contributed by atoms with van der Waals surface area (Å²) < 4.78 is 14.4. The van der Waals surface area contributed by atoms with Gasteiger partial charge in [-0.05, 0) is 67.1 Å². The van der Waals surface area contributed by atoms with E-state index in [-0.39, 0.29) is 24.5 Å². The number of carbonyl (C=O) groups is 2. The zero-order valence-corrected chi connectivity index (χ0v) is 15.2. The topological polar surface area (TPSA) is 78.4 Å². The van der Waals surface area contributed by atoms with Crippen LogP contribution in [-0.4, -0.2) is 36.1 Å². The van der Waals surface area contributed by atoms with Crippen LogP contribution in [0.4, 0.5) is 4.39 Å². The number of benzene rings is 2. The molecule has 0 bridgehead atoms. The highest BCUT2D eigenvalue weighted by Gasteiger charge is 2.24. The van der Waals surface area contributed by atoms with E-state index < -0.39 is 5.82 Å². The zero-order valence-electron chi connectivity index (χ0n) is 15.2. The molecule has 0 saturated heterocycles. The monoisotopic (exact) mass is 370 g/mol. The lowest BCUT2D eigenvalue weighted by Gasteiger charge is -2.12. The molecule has 1 fully saturated rings. The Morgan fingerprint density at radius 1 is 1.11 bits per heavy atom. The Morgan fingerprint density at radius 3 is 2.44 bits per heavy atom. The molecule has 2 aromatic carbocycles. The quantitative estimate of drug-likeness (QED) is 0.656. The Morgan fingerprint density at radius 2 is 1.81 bits per heavy atom. The molecule has 2 aromatic rings. The highest BCUT2D eigenvalue weighted by atomic mass is 19.1. The molecule has 0 aromatic heterocycles. The second-order valence-corrected chi connectivity index (χ2v) is 6.79. The highest BCUT2D eigenvalue weighted by Crippen LogP contribution is 2.28. The maximum atomic E-state index is 14.4. The van der Waals surface area contributed by atoms with Gasteiger partial charge in [-0.25, -0.2) is 4.39 Å². The molecule has 0 atom stereocenters. The molecule has 0 unspecified atom stereocenters. The molecular weight excluding hydrogens is 347 g/mol. The van der Waals surface area contributed by atoms with E-state index in [2.05, 4.69) is 10.6 Å². The van der Waals surface area contributed by atoms with Crippen LogP contribution < -0.4 is 10.6 Å². The van der Waals surface area contributed by atoms with E-state index in [1.54, 1.807) is 37.3 Å². The van der Waals surface area contributed by atoms with Crippen molar-refractivity contribution >= 4 is 11.8 Å². The number of hydrogen-bond acceptors (Lipinski definition) is 3. The summed E-state index contributed by atoms with van der Waals surface area (Å²) in [5.41, 5.74) is 2.60. The molecular formula is C21H23FN2O3. The first-order valence-electron chi connectivity index (χ1n) is 9.10. The van der Waals surface area contributed by atoms with E-state index in [0.29, 0.717) is 35.2 Å². The van der Waals surface area contributed by atoms with Crippen molar-refractivity contribution in [2.75, 3.05) is 13.2 Å². The van der Waals surface area contributed by atoms with Crippen LogP contribution >= 0.6 is 0 Å². The van der Waals surface area contributed by atoms with Crippen LogP contribution in [0, 0.1) is 12.7 Å². The van der Waals surface area contributed by atoms with E-state index in [4.69, 9.17) is 5.11 Å². The van der Waals surface area contributed by atoms with Crippen molar-refractivity contribution in [1.82, 2.24) is 10.6 Å². The number of hydrogen-bond donors (Lipinski definition) is 3. The molecule has 5 nitrogen and oxygen atoms in total. The summed E-state index contributed by atoms with van der Waals surface area (Å²) in [5.74, 6) is -0.924. The Balaban J connectivity index is 1.81. The first-order chi connectivity index (χ1) is 13.0. The minimum Gasteiger partial charge on any atom is -0.396 e. The van der Waals surface area contributed by atoms with Gasteiger partial charge in [-0.15, -0.1) is 0 Å². The minimum atomic E-state index is -0.431. The number of halogens is 1. The second kappa shape index (κ2) is 8.31. The van der Waals surface area contributed by atoms with Crippen LogP contribution in [0.15, 0.2) is 36.4 Å². The first-order valence-corrected chi connectivity index (χ1v) is 9.10. The lowest BCUT2D eigenvalue weighted by atomic mass is 9.96. The van der Waals surface area contributed by atoms with E-state index in [1.807, 2.05) is 0 Å². The van der Waals surface area contributed by atoms with Crippen LogP contribution in [0.1, 0.15) is 45.5 Å². The number of aliphatic hydroxyl groups excluding tert-OH is 1. The summed E-state index contributed by atoms with van der Waals surface area (Å²) in [6.07, 6.45) is 2.43. The smallest absolute Gasteiger partial charge is 0.251 e. The molecule has 0 radical (unpaired) electrons. The highest BCUT2D eigenvalue weighted by molar-refractivity contribution is 5.97. The van der Waals surface area contributed by atoms with E-state index in [0.717, 1.165) is 18.4 Å². The van der Waals surface area contributed by atoms with Gasteiger partial charge in [-0.2, -0.15) is 0 Å². The fourth-order valence-electron chi connectivity index (χ4n) is 2.79. The predicted octanol–water partition coefficient (Wildman–Crippen LogP) is 2.81. The van der Waals surface area contributed by atoms with Crippen LogP contribution in [0.3, 0.4) is 0 Å². The molecule has 142 valence electrons. The van der Waals surface area contributed by atoms with Crippen molar-refractivity contribution in [3.8, 4) is 11.1 Å². The summed E-state index contributed by atoms with van der Waals surface area (Å²) in [6, 6.07) is 9.97. The largest absolute Gasteiger partial charge is 0.396 e. The molecule has 0 aliphatic heterocycles. The second-order valence-electron chi connectivity index (χ2n) is 6.79.